The van der Waals surface area contributed by atoms with Crippen molar-refractivity contribution in [2.45, 2.75) is 99.8 Å². The smallest absolute Gasteiger partial charge is 0.318 e. The van der Waals surface area contributed by atoms with E-state index in [4.69, 9.17) is 0 Å². The standard InChI is InChI=1S/C21H35N5O4S/c1-21(9-10-21)24-31(29,30)13-7-8-17-14(11-13)19(27)25(2)20(28)26(17)12-18-22-15-5-3-4-6-16(15)23-18/h13-18,22-24H,3-12H2,1-2H3. The molecule has 5 fully saturated rings. The van der Waals surface area contributed by atoms with Gasteiger partial charge in [-0.05, 0) is 51.9 Å². The normalized spacial score (nSPS) is 39.9. The first-order valence-electron chi connectivity index (χ1n) is 11.8. The van der Waals surface area contributed by atoms with Crippen LogP contribution in [0.25, 0.3) is 0 Å². The van der Waals surface area contributed by atoms with Crippen LogP contribution < -0.4 is 15.4 Å². The number of rotatable bonds is 5. The van der Waals surface area contributed by atoms with Gasteiger partial charge in [0.2, 0.25) is 15.9 Å². The second-order valence-electron chi connectivity index (χ2n) is 10.5. The third-order valence-corrected chi connectivity index (χ3v) is 10.2. The molecule has 174 valence electrons. The summed E-state index contributed by atoms with van der Waals surface area (Å²) < 4.78 is 28.7. The second kappa shape index (κ2) is 7.67. The monoisotopic (exact) mass is 453 g/mol. The Morgan fingerprint density at radius 3 is 2.32 bits per heavy atom. The zero-order valence-electron chi connectivity index (χ0n) is 18.5. The lowest BCUT2D eigenvalue weighted by atomic mass is 9.81. The van der Waals surface area contributed by atoms with Gasteiger partial charge in [0.25, 0.3) is 0 Å². The van der Waals surface area contributed by atoms with E-state index >= 15 is 0 Å². The highest BCUT2D eigenvalue weighted by Gasteiger charge is 2.52. The van der Waals surface area contributed by atoms with Gasteiger partial charge >= 0.3 is 6.03 Å². The molecule has 2 heterocycles. The average molecular weight is 454 g/mol. The van der Waals surface area contributed by atoms with E-state index in [9.17, 15) is 18.0 Å². The Hall–Kier alpha value is -1.23. The van der Waals surface area contributed by atoms with Crippen LogP contribution >= 0.6 is 0 Å². The van der Waals surface area contributed by atoms with E-state index in [0.29, 0.717) is 31.5 Å². The average Bonchev–Trinajstić information content (AvgIpc) is 3.30. The molecule has 10 heteroatoms. The molecular weight excluding hydrogens is 418 g/mol. The number of imide groups is 1. The van der Waals surface area contributed by atoms with Gasteiger partial charge < -0.3 is 4.90 Å². The number of amides is 3. The molecule has 0 spiro atoms. The molecule has 5 unspecified atom stereocenters. The number of fused-ring (bicyclic) bond motifs is 2. The Labute approximate surface area is 184 Å². The molecule has 0 aromatic carbocycles. The molecule has 0 bridgehead atoms. The molecule has 31 heavy (non-hydrogen) atoms. The van der Waals surface area contributed by atoms with Gasteiger partial charge in [-0.15, -0.1) is 0 Å². The van der Waals surface area contributed by atoms with Crippen molar-refractivity contribution in [2.75, 3.05) is 13.6 Å². The van der Waals surface area contributed by atoms with E-state index in [0.717, 1.165) is 25.7 Å². The molecule has 3 aliphatic carbocycles. The van der Waals surface area contributed by atoms with Crippen LogP contribution in [0.2, 0.25) is 0 Å². The number of sulfonamides is 1. The molecule has 5 rings (SSSR count). The summed E-state index contributed by atoms with van der Waals surface area (Å²) >= 11 is 0. The van der Waals surface area contributed by atoms with Crippen molar-refractivity contribution >= 4 is 22.0 Å². The van der Waals surface area contributed by atoms with Crippen LogP contribution in [0.15, 0.2) is 0 Å². The largest absolute Gasteiger partial charge is 0.326 e. The van der Waals surface area contributed by atoms with Gasteiger partial charge in [-0.2, -0.15) is 0 Å². The lowest BCUT2D eigenvalue weighted by Crippen LogP contribution is -2.65. The highest BCUT2D eigenvalue weighted by atomic mass is 32.2. The zero-order valence-corrected chi connectivity index (χ0v) is 19.3. The predicted molar refractivity (Wildman–Crippen MR) is 116 cm³/mol. The molecule has 5 aliphatic rings. The number of carbonyl (C=O) groups is 2. The number of hydrogen-bond donors (Lipinski definition) is 3. The first-order chi connectivity index (χ1) is 14.7. The maximum absolute atomic E-state index is 13.0. The Balaban J connectivity index is 1.30. The van der Waals surface area contributed by atoms with E-state index in [1.54, 1.807) is 0 Å². The summed E-state index contributed by atoms with van der Waals surface area (Å²) in [5, 5.41) is 6.69. The van der Waals surface area contributed by atoms with Gasteiger partial charge in [0.1, 0.15) is 0 Å². The summed E-state index contributed by atoms with van der Waals surface area (Å²) in [5.41, 5.74) is -0.318. The molecule has 9 nitrogen and oxygen atoms in total. The van der Waals surface area contributed by atoms with Gasteiger partial charge in [0.15, 0.2) is 0 Å². The van der Waals surface area contributed by atoms with Crippen molar-refractivity contribution in [3.05, 3.63) is 0 Å². The van der Waals surface area contributed by atoms with E-state index in [2.05, 4.69) is 15.4 Å². The summed E-state index contributed by atoms with van der Waals surface area (Å²) in [6.07, 6.45) is 7.79. The summed E-state index contributed by atoms with van der Waals surface area (Å²) in [4.78, 5) is 29.0. The molecule has 3 amide bonds. The van der Waals surface area contributed by atoms with E-state index in [1.807, 2.05) is 11.8 Å². The van der Waals surface area contributed by atoms with Crippen LogP contribution in [-0.2, 0) is 14.8 Å². The number of hydrogen-bond acceptors (Lipinski definition) is 6. The van der Waals surface area contributed by atoms with Gasteiger partial charge in [0.05, 0.1) is 23.9 Å². The SMILES string of the molecule is CN1C(=O)C2CC(S(=O)(=O)NC3(C)CC3)CCC2N(CC2NC3CCCCC3N2)C1=O. The topological polar surface area (TPSA) is 111 Å². The summed E-state index contributed by atoms with van der Waals surface area (Å²) in [6.45, 7) is 2.42. The molecule has 0 radical (unpaired) electrons. The van der Waals surface area contributed by atoms with Gasteiger partial charge in [0, 0.05) is 30.7 Å². The van der Waals surface area contributed by atoms with E-state index < -0.39 is 21.2 Å². The van der Waals surface area contributed by atoms with Crippen molar-refractivity contribution in [1.82, 2.24) is 25.2 Å². The van der Waals surface area contributed by atoms with Crippen molar-refractivity contribution in [3.63, 3.8) is 0 Å². The molecule has 3 saturated carbocycles. The van der Waals surface area contributed by atoms with Crippen LogP contribution in [0.5, 0.6) is 0 Å². The molecule has 5 atom stereocenters. The number of urea groups is 1. The van der Waals surface area contributed by atoms with Crippen LogP contribution in [0, 0.1) is 5.92 Å². The fourth-order valence-electron chi connectivity index (χ4n) is 6.04. The molecule has 2 saturated heterocycles. The van der Waals surface area contributed by atoms with Crippen LogP contribution in [0.1, 0.15) is 64.7 Å². The van der Waals surface area contributed by atoms with Crippen molar-refractivity contribution in [1.29, 1.82) is 0 Å². The lowest BCUT2D eigenvalue weighted by molar-refractivity contribution is -0.139. The van der Waals surface area contributed by atoms with Crippen LogP contribution in [-0.4, -0.2) is 78.8 Å². The molecular formula is C21H35N5O4S. The predicted octanol–water partition coefficient (Wildman–Crippen LogP) is 0.720. The molecule has 0 aromatic heterocycles. The molecule has 2 aliphatic heterocycles. The fourth-order valence-corrected chi connectivity index (χ4v) is 8.01. The molecule has 3 N–H and O–H groups in total. The van der Waals surface area contributed by atoms with Gasteiger partial charge in [-0.3, -0.25) is 20.3 Å². The van der Waals surface area contributed by atoms with Crippen LogP contribution in [0.3, 0.4) is 0 Å². The minimum Gasteiger partial charge on any atom is -0.318 e. The van der Waals surface area contributed by atoms with Gasteiger partial charge in [-0.25, -0.2) is 17.9 Å². The highest BCUT2D eigenvalue weighted by molar-refractivity contribution is 7.90. The number of nitrogens with zero attached hydrogens (tertiary/aromatic N) is 2. The summed E-state index contributed by atoms with van der Waals surface area (Å²) in [5.74, 6) is -0.710. The van der Waals surface area contributed by atoms with Gasteiger partial charge in [-0.1, -0.05) is 12.8 Å². The Bertz CT molecular complexity index is 846. The van der Waals surface area contributed by atoms with Crippen molar-refractivity contribution < 1.29 is 18.0 Å². The number of nitrogens with one attached hydrogen (secondary N) is 3. The Morgan fingerprint density at radius 2 is 1.71 bits per heavy atom. The zero-order chi connectivity index (χ0) is 22.0. The first-order valence-corrected chi connectivity index (χ1v) is 13.3. The molecule has 0 aromatic rings. The summed E-state index contributed by atoms with van der Waals surface area (Å²) in [6, 6.07) is 0.397. The maximum atomic E-state index is 13.0. The Morgan fingerprint density at radius 1 is 1.06 bits per heavy atom. The quantitative estimate of drug-likeness (QED) is 0.566. The van der Waals surface area contributed by atoms with Crippen molar-refractivity contribution in [3.8, 4) is 0 Å². The first kappa shape index (κ1) is 21.6. The van der Waals surface area contributed by atoms with Crippen molar-refractivity contribution in [2.24, 2.45) is 5.92 Å². The fraction of sp³-hybridized carbons (Fsp3) is 0.905. The lowest BCUT2D eigenvalue weighted by Gasteiger charge is -2.48. The maximum Gasteiger partial charge on any atom is 0.326 e. The second-order valence-corrected chi connectivity index (χ2v) is 12.5. The Kier molecular flexibility index (Phi) is 5.35. The van der Waals surface area contributed by atoms with Crippen LogP contribution in [0.4, 0.5) is 4.79 Å². The highest BCUT2D eigenvalue weighted by Crippen LogP contribution is 2.40. The van der Waals surface area contributed by atoms with E-state index in [-0.39, 0.29) is 36.1 Å². The van der Waals surface area contributed by atoms with E-state index in [1.165, 1.54) is 24.8 Å². The number of carbonyl (C=O) groups excluding carboxylic acids is 2. The third kappa shape index (κ3) is 4.00. The minimum absolute atomic E-state index is 0.0113. The minimum atomic E-state index is -3.49. The summed E-state index contributed by atoms with van der Waals surface area (Å²) in [7, 11) is -1.97. The third-order valence-electron chi connectivity index (χ3n) is 8.15.